The van der Waals surface area contributed by atoms with Gasteiger partial charge in [-0.3, -0.25) is 4.79 Å². The first-order chi connectivity index (χ1) is 11.7. The van der Waals surface area contributed by atoms with Crippen molar-refractivity contribution in [2.45, 2.75) is 26.2 Å². The molecule has 1 amide bonds. The topological polar surface area (TPSA) is 62.5 Å². The highest BCUT2D eigenvalue weighted by molar-refractivity contribution is 5.94. The lowest BCUT2D eigenvalue weighted by Crippen LogP contribution is -2.49. The second-order valence-electron chi connectivity index (χ2n) is 6.75. The quantitative estimate of drug-likeness (QED) is 0.846. The Morgan fingerprint density at radius 1 is 1.25 bits per heavy atom. The Morgan fingerprint density at radius 3 is 2.83 bits per heavy atom. The number of rotatable bonds is 2. The van der Waals surface area contributed by atoms with Crippen molar-refractivity contribution in [2.75, 3.05) is 31.1 Å². The molecule has 0 aromatic carbocycles. The fourth-order valence-electron chi connectivity index (χ4n) is 3.58. The molecule has 0 bridgehead atoms. The van der Waals surface area contributed by atoms with E-state index >= 15 is 0 Å². The van der Waals surface area contributed by atoms with Gasteiger partial charge < -0.3 is 14.3 Å². The largest absolute Gasteiger partial charge is 0.360 e. The van der Waals surface area contributed by atoms with Crippen LogP contribution in [-0.2, 0) is 12.8 Å². The molecule has 0 unspecified atom stereocenters. The van der Waals surface area contributed by atoms with Crippen molar-refractivity contribution >= 4 is 11.7 Å². The molecule has 0 spiro atoms. The summed E-state index contributed by atoms with van der Waals surface area (Å²) in [6, 6.07) is 5.91. The van der Waals surface area contributed by atoms with E-state index in [2.05, 4.69) is 22.0 Å². The molecule has 0 saturated carbocycles. The van der Waals surface area contributed by atoms with E-state index in [-0.39, 0.29) is 5.91 Å². The summed E-state index contributed by atoms with van der Waals surface area (Å²) in [5.41, 5.74) is 1.56. The van der Waals surface area contributed by atoms with Gasteiger partial charge in [0.15, 0.2) is 5.69 Å². The van der Waals surface area contributed by atoms with Gasteiger partial charge in [-0.05, 0) is 30.9 Å². The van der Waals surface area contributed by atoms with E-state index in [4.69, 9.17) is 4.52 Å². The Kier molecular flexibility index (Phi) is 3.96. The summed E-state index contributed by atoms with van der Waals surface area (Å²) in [5, 5.41) is 4.09. The number of pyridine rings is 1. The van der Waals surface area contributed by atoms with Gasteiger partial charge in [0.1, 0.15) is 11.6 Å². The van der Waals surface area contributed by atoms with Crippen LogP contribution < -0.4 is 4.90 Å². The summed E-state index contributed by atoms with van der Waals surface area (Å²) in [6.45, 7) is 5.17. The Bertz CT molecular complexity index is 720. The van der Waals surface area contributed by atoms with Crippen LogP contribution in [0.4, 0.5) is 5.82 Å². The standard InChI is InChI=1S/C18H22N4O2/c1-13-5-6-15-14(12-13)17(20-24-15)18(23)22-10-8-21(9-11-22)16-4-2-3-7-19-16/h2-4,7,13H,5-6,8-12H2,1H3/t13-/m0/s1. The summed E-state index contributed by atoms with van der Waals surface area (Å²) in [6.07, 6.45) is 4.70. The molecular formula is C18H22N4O2. The van der Waals surface area contributed by atoms with Crippen LogP contribution in [0.25, 0.3) is 0 Å². The van der Waals surface area contributed by atoms with E-state index in [1.165, 1.54) is 0 Å². The smallest absolute Gasteiger partial charge is 0.276 e. The summed E-state index contributed by atoms with van der Waals surface area (Å²) in [5.74, 6) is 2.47. The van der Waals surface area contributed by atoms with Crippen molar-refractivity contribution in [1.29, 1.82) is 0 Å². The Labute approximate surface area is 141 Å². The predicted octanol–water partition coefficient (Wildman–Crippen LogP) is 2.16. The molecule has 1 fully saturated rings. The lowest BCUT2D eigenvalue weighted by molar-refractivity contribution is 0.0735. The Balaban J connectivity index is 1.45. The van der Waals surface area contributed by atoms with Crippen LogP contribution in [0.2, 0.25) is 0 Å². The lowest BCUT2D eigenvalue weighted by Gasteiger charge is -2.35. The zero-order chi connectivity index (χ0) is 16.5. The molecule has 6 nitrogen and oxygen atoms in total. The number of hydrogen-bond donors (Lipinski definition) is 0. The van der Waals surface area contributed by atoms with Crippen LogP contribution in [0, 0.1) is 5.92 Å². The molecule has 1 aliphatic carbocycles. The number of hydrogen-bond acceptors (Lipinski definition) is 5. The predicted molar refractivity (Wildman–Crippen MR) is 90.0 cm³/mol. The maximum Gasteiger partial charge on any atom is 0.276 e. The number of aromatic nitrogens is 2. The molecule has 126 valence electrons. The summed E-state index contributed by atoms with van der Waals surface area (Å²) < 4.78 is 5.42. The maximum atomic E-state index is 12.9. The first kappa shape index (κ1) is 15.2. The fourth-order valence-corrected chi connectivity index (χ4v) is 3.58. The van der Waals surface area contributed by atoms with Crippen LogP contribution in [0.5, 0.6) is 0 Å². The molecule has 1 aliphatic heterocycles. The van der Waals surface area contributed by atoms with Gasteiger partial charge in [-0.15, -0.1) is 0 Å². The lowest BCUT2D eigenvalue weighted by atomic mass is 9.88. The number of carbonyl (C=O) groups is 1. The molecule has 2 aromatic heterocycles. The third-order valence-electron chi connectivity index (χ3n) is 5.03. The minimum atomic E-state index is 0.00905. The van der Waals surface area contributed by atoms with Crippen LogP contribution in [0.1, 0.15) is 35.2 Å². The number of amides is 1. The summed E-state index contributed by atoms with van der Waals surface area (Å²) >= 11 is 0. The highest BCUT2D eigenvalue weighted by Crippen LogP contribution is 2.28. The first-order valence-electron chi connectivity index (χ1n) is 8.65. The number of anilines is 1. The number of fused-ring (bicyclic) bond motifs is 1. The van der Waals surface area contributed by atoms with Crippen molar-refractivity contribution in [3.05, 3.63) is 41.4 Å². The number of piperazine rings is 1. The summed E-state index contributed by atoms with van der Waals surface area (Å²) in [7, 11) is 0. The molecule has 24 heavy (non-hydrogen) atoms. The van der Waals surface area contributed by atoms with E-state index in [0.29, 0.717) is 24.7 Å². The molecule has 4 rings (SSSR count). The van der Waals surface area contributed by atoms with Gasteiger partial charge in [0.25, 0.3) is 5.91 Å². The van der Waals surface area contributed by atoms with Crippen molar-refractivity contribution in [3.63, 3.8) is 0 Å². The molecule has 1 saturated heterocycles. The fraction of sp³-hybridized carbons (Fsp3) is 0.500. The monoisotopic (exact) mass is 326 g/mol. The van der Waals surface area contributed by atoms with Gasteiger partial charge in [0.2, 0.25) is 0 Å². The number of nitrogens with zero attached hydrogens (tertiary/aromatic N) is 4. The normalized spacial score (nSPS) is 20.8. The first-order valence-corrected chi connectivity index (χ1v) is 8.65. The molecule has 3 heterocycles. The minimum absolute atomic E-state index is 0.00905. The molecule has 2 aromatic rings. The number of aryl methyl sites for hydroxylation is 1. The van der Waals surface area contributed by atoms with Gasteiger partial charge in [0.05, 0.1) is 0 Å². The highest BCUT2D eigenvalue weighted by Gasteiger charge is 2.31. The van der Waals surface area contributed by atoms with Gasteiger partial charge in [0, 0.05) is 44.4 Å². The second kappa shape index (κ2) is 6.26. The minimum Gasteiger partial charge on any atom is -0.360 e. The molecule has 6 heteroatoms. The van der Waals surface area contributed by atoms with Crippen molar-refractivity contribution in [2.24, 2.45) is 5.92 Å². The zero-order valence-corrected chi connectivity index (χ0v) is 13.9. The average Bonchev–Trinajstić information content (AvgIpc) is 3.05. The van der Waals surface area contributed by atoms with E-state index in [0.717, 1.165) is 49.5 Å². The van der Waals surface area contributed by atoms with Gasteiger partial charge in [-0.1, -0.05) is 18.1 Å². The van der Waals surface area contributed by atoms with Crippen molar-refractivity contribution in [3.8, 4) is 0 Å². The van der Waals surface area contributed by atoms with Gasteiger partial charge >= 0.3 is 0 Å². The number of carbonyl (C=O) groups excluding carboxylic acids is 1. The van der Waals surface area contributed by atoms with E-state index in [9.17, 15) is 4.79 Å². The van der Waals surface area contributed by atoms with Gasteiger partial charge in [-0.25, -0.2) is 4.98 Å². The van der Waals surface area contributed by atoms with Crippen LogP contribution in [0.3, 0.4) is 0 Å². The summed E-state index contributed by atoms with van der Waals surface area (Å²) in [4.78, 5) is 21.3. The van der Waals surface area contributed by atoms with Crippen LogP contribution in [0.15, 0.2) is 28.9 Å². The van der Waals surface area contributed by atoms with Gasteiger partial charge in [-0.2, -0.15) is 0 Å². The molecular weight excluding hydrogens is 304 g/mol. The Morgan fingerprint density at radius 2 is 2.08 bits per heavy atom. The molecule has 2 aliphatic rings. The van der Waals surface area contributed by atoms with Crippen LogP contribution >= 0.6 is 0 Å². The maximum absolute atomic E-state index is 12.9. The second-order valence-corrected chi connectivity index (χ2v) is 6.75. The van der Waals surface area contributed by atoms with Crippen LogP contribution in [-0.4, -0.2) is 47.1 Å². The third-order valence-corrected chi connectivity index (χ3v) is 5.03. The Hall–Kier alpha value is -2.37. The highest BCUT2D eigenvalue weighted by atomic mass is 16.5. The van der Waals surface area contributed by atoms with Crippen molar-refractivity contribution in [1.82, 2.24) is 15.0 Å². The zero-order valence-electron chi connectivity index (χ0n) is 13.9. The third kappa shape index (κ3) is 2.77. The molecule has 1 atom stereocenters. The molecule has 0 N–H and O–H groups in total. The van der Waals surface area contributed by atoms with Crippen molar-refractivity contribution < 1.29 is 9.32 Å². The van der Waals surface area contributed by atoms with E-state index < -0.39 is 0 Å². The average molecular weight is 326 g/mol. The van der Waals surface area contributed by atoms with E-state index in [1.54, 1.807) is 6.20 Å². The van der Waals surface area contributed by atoms with E-state index in [1.807, 2.05) is 23.1 Å². The SMILES string of the molecule is C[C@H]1CCc2onc(C(=O)N3CCN(c4ccccn4)CC3)c2C1. The molecule has 0 radical (unpaired) electrons.